The molecule has 0 aromatic carbocycles. The van der Waals surface area contributed by atoms with Gasteiger partial charge in [0.05, 0.1) is 28.9 Å². The van der Waals surface area contributed by atoms with Gasteiger partial charge in [0.25, 0.3) is 0 Å². The highest BCUT2D eigenvalue weighted by atomic mass is 16.3. The number of hydrogen-bond acceptors (Lipinski definition) is 5. The number of rotatable bonds is 2. The number of aryl methyl sites for hydroxylation is 1. The number of hydrogen-bond donors (Lipinski definition) is 4. The van der Waals surface area contributed by atoms with Crippen molar-refractivity contribution in [2.45, 2.75) is 31.5 Å². The Kier molecular flexibility index (Phi) is 3.00. The van der Waals surface area contributed by atoms with Gasteiger partial charge in [-0.25, -0.2) is 9.97 Å². The van der Waals surface area contributed by atoms with Gasteiger partial charge in [0.15, 0.2) is 0 Å². The van der Waals surface area contributed by atoms with Crippen LogP contribution in [0.5, 0.6) is 0 Å². The van der Waals surface area contributed by atoms with Gasteiger partial charge in [-0.2, -0.15) is 0 Å². The van der Waals surface area contributed by atoms with Crippen LogP contribution in [0.2, 0.25) is 0 Å². The molecule has 6 nitrogen and oxygen atoms in total. The Labute approximate surface area is 110 Å². The zero-order valence-corrected chi connectivity index (χ0v) is 10.6. The lowest BCUT2D eigenvalue weighted by atomic mass is 9.96. The van der Waals surface area contributed by atoms with Crippen molar-refractivity contribution in [3.8, 4) is 0 Å². The van der Waals surface area contributed by atoms with Gasteiger partial charge in [-0.05, 0) is 13.3 Å². The Morgan fingerprint density at radius 3 is 2.79 bits per heavy atom. The van der Waals surface area contributed by atoms with Gasteiger partial charge >= 0.3 is 0 Å². The Morgan fingerprint density at radius 1 is 1.32 bits per heavy atom. The molecule has 0 bridgehead atoms. The number of aromatic amines is 1. The van der Waals surface area contributed by atoms with E-state index in [1.54, 1.807) is 0 Å². The summed E-state index contributed by atoms with van der Waals surface area (Å²) >= 11 is 0. The third kappa shape index (κ3) is 1.83. The van der Waals surface area contributed by atoms with Crippen molar-refractivity contribution >= 4 is 11.0 Å². The molecule has 1 saturated carbocycles. The summed E-state index contributed by atoms with van der Waals surface area (Å²) in [6, 6.07) is 0. The van der Waals surface area contributed by atoms with E-state index in [0.29, 0.717) is 6.42 Å². The summed E-state index contributed by atoms with van der Waals surface area (Å²) in [5, 5.41) is 29.3. The molecule has 1 fully saturated rings. The SMILES string of the molecule is Cc1ncnc2c([C@@H]3C[C@H](CO)[C@@H](O)[C@H]3O)c[nH]c12. The summed E-state index contributed by atoms with van der Waals surface area (Å²) in [5.74, 6) is -0.497. The van der Waals surface area contributed by atoms with E-state index < -0.39 is 12.2 Å². The third-order valence-electron chi connectivity index (χ3n) is 4.12. The van der Waals surface area contributed by atoms with Gasteiger partial charge in [-0.15, -0.1) is 0 Å². The van der Waals surface area contributed by atoms with Gasteiger partial charge < -0.3 is 20.3 Å². The van der Waals surface area contributed by atoms with E-state index in [-0.39, 0.29) is 18.4 Å². The Hall–Kier alpha value is -1.50. The zero-order valence-electron chi connectivity index (χ0n) is 10.6. The molecule has 1 aliphatic carbocycles. The lowest BCUT2D eigenvalue weighted by Gasteiger charge is -2.15. The molecule has 0 amide bonds. The molecule has 0 saturated heterocycles. The molecule has 4 N–H and O–H groups in total. The molecule has 0 spiro atoms. The van der Waals surface area contributed by atoms with Crippen molar-refractivity contribution in [1.29, 1.82) is 0 Å². The number of aliphatic hydroxyl groups is 3. The van der Waals surface area contributed by atoms with E-state index in [4.69, 9.17) is 0 Å². The van der Waals surface area contributed by atoms with Crippen LogP contribution in [0.15, 0.2) is 12.5 Å². The number of nitrogens with zero attached hydrogens (tertiary/aromatic N) is 2. The molecule has 0 unspecified atom stereocenters. The molecule has 0 radical (unpaired) electrons. The molecule has 102 valence electrons. The molecule has 6 heteroatoms. The van der Waals surface area contributed by atoms with Crippen LogP contribution >= 0.6 is 0 Å². The smallest absolute Gasteiger partial charge is 0.116 e. The second kappa shape index (κ2) is 4.56. The van der Waals surface area contributed by atoms with Crippen molar-refractivity contribution in [3.63, 3.8) is 0 Å². The minimum Gasteiger partial charge on any atom is -0.396 e. The van der Waals surface area contributed by atoms with Gasteiger partial charge in [0.2, 0.25) is 0 Å². The first kappa shape index (κ1) is 12.5. The van der Waals surface area contributed by atoms with Gasteiger partial charge in [0, 0.05) is 30.2 Å². The van der Waals surface area contributed by atoms with Crippen LogP contribution in [-0.4, -0.2) is 49.1 Å². The molecule has 0 aliphatic heterocycles. The summed E-state index contributed by atoms with van der Waals surface area (Å²) in [5.41, 5.74) is 3.36. The summed E-state index contributed by atoms with van der Waals surface area (Å²) in [6.07, 6.45) is 2.10. The molecule has 3 rings (SSSR count). The van der Waals surface area contributed by atoms with Gasteiger partial charge in [-0.3, -0.25) is 0 Å². The number of H-pyrrole nitrogens is 1. The second-order valence-electron chi connectivity index (χ2n) is 5.19. The van der Waals surface area contributed by atoms with Gasteiger partial charge in [-0.1, -0.05) is 0 Å². The first-order valence-electron chi connectivity index (χ1n) is 6.39. The van der Waals surface area contributed by atoms with E-state index in [2.05, 4.69) is 15.0 Å². The molecule has 2 aromatic heterocycles. The predicted molar refractivity (Wildman–Crippen MR) is 68.6 cm³/mol. The standard InChI is InChI=1S/C13H17N3O3/c1-6-10-11(16-5-15-6)9(3-14-10)8-2-7(4-17)12(18)13(8)19/h3,5,7-8,12-14,17-19H,2,4H2,1H3/t7-,8+,12-,13+/m1/s1. The van der Waals surface area contributed by atoms with E-state index in [0.717, 1.165) is 22.3 Å². The summed E-state index contributed by atoms with van der Waals surface area (Å²) in [4.78, 5) is 11.5. The maximum atomic E-state index is 10.1. The number of aliphatic hydroxyl groups excluding tert-OH is 3. The van der Waals surface area contributed by atoms with Crippen molar-refractivity contribution in [3.05, 3.63) is 23.8 Å². The number of nitrogens with one attached hydrogen (secondary N) is 1. The molecule has 4 atom stereocenters. The van der Waals surface area contributed by atoms with Crippen LogP contribution < -0.4 is 0 Å². The molecule has 2 heterocycles. The van der Waals surface area contributed by atoms with Crippen LogP contribution in [0.1, 0.15) is 23.6 Å². The van der Waals surface area contributed by atoms with Crippen LogP contribution in [0.4, 0.5) is 0 Å². The minimum absolute atomic E-state index is 0.120. The highest BCUT2D eigenvalue weighted by molar-refractivity contribution is 5.81. The number of fused-ring (bicyclic) bond motifs is 1. The molecule has 19 heavy (non-hydrogen) atoms. The lowest BCUT2D eigenvalue weighted by molar-refractivity contribution is 0.00241. The van der Waals surface area contributed by atoms with Crippen LogP contribution in [0.25, 0.3) is 11.0 Å². The summed E-state index contributed by atoms with van der Waals surface area (Å²) < 4.78 is 0. The molecule has 1 aliphatic rings. The fourth-order valence-corrected chi connectivity index (χ4v) is 2.98. The first-order chi connectivity index (χ1) is 9.13. The Balaban J connectivity index is 2.04. The van der Waals surface area contributed by atoms with E-state index >= 15 is 0 Å². The Morgan fingerprint density at radius 2 is 2.11 bits per heavy atom. The fourth-order valence-electron chi connectivity index (χ4n) is 2.98. The highest BCUT2D eigenvalue weighted by Crippen LogP contribution is 2.40. The normalized spacial score (nSPS) is 31.2. The molecular formula is C13H17N3O3. The van der Waals surface area contributed by atoms with Gasteiger partial charge in [0.1, 0.15) is 6.33 Å². The Bertz CT molecular complexity index is 598. The topological polar surface area (TPSA) is 102 Å². The fraction of sp³-hybridized carbons (Fsp3) is 0.538. The maximum Gasteiger partial charge on any atom is 0.116 e. The average Bonchev–Trinajstić information content (AvgIpc) is 2.94. The van der Waals surface area contributed by atoms with Crippen LogP contribution in [0, 0.1) is 12.8 Å². The molecular weight excluding hydrogens is 246 g/mol. The minimum atomic E-state index is -0.886. The third-order valence-corrected chi connectivity index (χ3v) is 4.12. The summed E-state index contributed by atoms with van der Waals surface area (Å²) in [7, 11) is 0. The van der Waals surface area contributed by atoms with E-state index in [9.17, 15) is 15.3 Å². The van der Waals surface area contributed by atoms with Crippen molar-refractivity contribution in [2.24, 2.45) is 5.92 Å². The molecule has 2 aromatic rings. The second-order valence-corrected chi connectivity index (χ2v) is 5.19. The average molecular weight is 263 g/mol. The predicted octanol–water partition coefficient (Wildman–Crippen LogP) is 0.0839. The lowest BCUT2D eigenvalue weighted by Crippen LogP contribution is -2.28. The van der Waals surface area contributed by atoms with Crippen LogP contribution in [-0.2, 0) is 0 Å². The summed E-state index contributed by atoms with van der Waals surface area (Å²) in [6.45, 7) is 1.77. The first-order valence-corrected chi connectivity index (χ1v) is 6.39. The highest BCUT2D eigenvalue weighted by Gasteiger charge is 2.42. The monoisotopic (exact) mass is 263 g/mol. The van der Waals surface area contributed by atoms with Crippen LogP contribution in [0.3, 0.4) is 0 Å². The zero-order chi connectivity index (χ0) is 13.6. The van der Waals surface area contributed by atoms with Crippen molar-refractivity contribution < 1.29 is 15.3 Å². The van der Waals surface area contributed by atoms with Crippen molar-refractivity contribution in [1.82, 2.24) is 15.0 Å². The number of aromatic nitrogens is 3. The maximum absolute atomic E-state index is 10.1. The van der Waals surface area contributed by atoms with Crippen molar-refractivity contribution in [2.75, 3.05) is 6.61 Å². The quantitative estimate of drug-likeness (QED) is 0.614. The van der Waals surface area contributed by atoms with E-state index in [1.807, 2.05) is 13.1 Å². The largest absolute Gasteiger partial charge is 0.396 e. The van der Waals surface area contributed by atoms with E-state index in [1.165, 1.54) is 6.33 Å².